The number of nitrogens with one attached hydrogen (secondary N) is 2. The number of hydrogen-bond acceptors (Lipinski definition) is 7. The molecule has 5 rings (SSSR count). The Morgan fingerprint density at radius 2 is 1.89 bits per heavy atom. The number of halogens is 1. The molecule has 0 atom stereocenters. The second-order valence-corrected chi connectivity index (χ2v) is 9.63. The van der Waals surface area contributed by atoms with Crippen LogP contribution in [0.3, 0.4) is 0 Å². The van der Waals surface area contributed by atoms with Gasteiger partial charge in [0.05, 0.1) is 18.2 Å². The van der Waals surface area contributed by atoms with Crippen molar-refractivity contribution in [2.45, 2.75) is 44.6 Å². The van der Waals surface area contributed by atoms with Crippen molar-refractivity contribution in [3.63, 3.8) is 0 Å². The molecule has 1 saturated carbocycles. The van der Waals surface area contributed by atoms with Crippen LogP contribution in [0, 0.1) is 11.7 Å². The van der Waals surface area contributed by atoms with Crippen LogP contribution >= 0.6 is 0 Å². The lowest BCUT2D eigenvalue weighted by atomic mass is 9.86. The summed E-state index contributed by atoms with van der Waals surface area (Å²) in [5, 5.41) is 14.5. The van der Waals surface area contributed by atoms with E-state index in [1.54, 1.807) is 24.3 Å². The molecule has 2 fully saturated rings. The highest BCUT2D eigenvalue weighted by atomic mass is 19.1. The number of benzene rings is 2. The summed E-state index contributed by atoms with van der Waals surface area (Å²) in [5.41, 5.74) is 1.04. The molecular weight excluding hydrogens is 461 g/mol. The lowest BCUT2D eigenvalue weighted by molar-refractivity contribution is 0.102. The highest BCUT2D eigenvalue weighted by Crippen LogP contribution is 2.33. The summed E-state index contributed by atoms with van der Waals surface area (Å²) >= 11 is 0. The first-order valence-electron chi connectivity index (χ1n) is 12.7. The van der Waals surface area contributed by atoms with E-state index in [0.717, 1.165) is 18.8 Å². The minimum Gasteiger partial charge on any atom is -0.496 e. The summed E-state index contributed by atoms with van der Waals surface area (Å²) in [4.78, 5) is 15.0. The standard InChI is InChI=1S/C27H32FN5O3/c1-35-24-16-20(29-25(34)21-6-2-3-7-23(21)28)12-13-22(24)26-31-32-27(36-26)30-19-10-8-18(9-11-19)17-33-14-4-5-15-33/h2-3,6-7,12-13,16,18-19H,4-5,8-11,14-15,17H2,1H3,(H,29,34)(H,30,32)/t18-,19-. The molecule has 1 amide bonds. The zero-order chi connectivity index (χ0) is 24.9. The number of rotatable bonds is 8. The van der Waals surface area contributed by atoms with Crippen molar-refractivity contribution >= 4 is 17.6 Å². The number of amides is 1. The van der Waals surface area contributed by atoms with Crippen molar-refractivity contribution in [3.05, 3.63) is 53.8 Å². The lowest BCUT2D eigenvalue weighted by Gasteiger charge is -2.31. The van der Waals surface area contributed by atoms with Crippen molar-refractivity contribution < 1.29 is 18.3 Å². The van der Waals surface area contributed by atoms with E-state index >= 15 is 0 Å². The molecule has 2 aromatic carbocycles. The molecule has 0 radical (unpaired) electrons. The molecule has 2 heterocycles. The van der Waals surface area contributed by atoms with Gasteiger partial charge in [-0.05, 0) is 81.8 Å². The summed E-state index contributed by atoms with van der Waals surface area (Å²) in [6.07, 6.45) is 7.29. The Labute approximate surface area is 210 Å². The molecule has 0 bridgehead atoms. The molecule has 190 valence electrons. The lowest BCUT2D eigenvalue weighted by Crippen LogP contribution is -2.32. The molecule has 3 aromatic rings. The van der Waals surface area contributed by atoms with E-state index in [9.17, 15) is 9.18 Å². The van der Waals surface area contributed by atoms with E-state index in [2.05, 4.69) is 25.7 Å². The van der Waals surface area contributed by atoms with Crippen molar-refractivity contribution in [1.29, 1.82) is 0 Å². The van der Waals surface area contributed by atoms with Gasteiger partial charge in [-0.3, -0.25) is 4.79 Å². The number of ether oxygens (including phenoxy) is 1. The third kappa shape index (κ3) is 5.67. The molecule has 1 saturated heterocycles. The first-order chi connectivity index (χ1) is 17.6. The van der Waals surface area contributed by atoms with Gasteiger partial charge in [0.25, 0.3) is 11.8 Å². The predicted molar refractivity (Wildman–Crippen MR) is 136 cm³/mol. The Morgan fingerprint density at radius 1 is 1.11 bits per heavy atom. The van der Waals surface area contributed by atoms with E-state index in [0.29, 0.717) is 34.9 Å². The molecule has 2 N–H and O–H groups in total. The van der Waals surface area contributed by atoms with E-state index in [1.165, 1.54) is 70.6 Å². The van der Waals surface area contributed by atoms with Crippen LogP contribution < -0.4 is 15.4 Å². The number of likely N-dealkylation sites (tertiary alicyclic amines) is 1. The first-order valence-corrected chi connectivity index (χ1v) is 12.7. The van der Waals surface area contributed by atoms with E-state index in [-0.39, 0.29) is 5.56 Å². The maximum absolute atomic E-state index is 13.9. The van der Waals surface area contributed by atoms with Gasteiger partial charge in [0, 0.05) is 24.3 Å². The van der Waals surface area contributed by atoms with Gasteiger partial charge in [-0.2, -0.15) is 0 Å². The predicted octanol–water partition coefficient (Wildman–Crippen LogP) is 5.20. The minimum absolute atomic E-state index is 0.0294. The number of aromatic nitrogens is 2. The van der Waals surface area contributed by atoms with Crippen LogP contribution in [0.2, 0.25) is 0 Å². The topological polar surface area (TPSA) is 92.5 Å². The number of nitrogens with zero attached hydrogens (tertiary/aromatic N) is 3. The third-order valence-corrected chi connectivity index (χ3v) is 7.12. The van der Waals surface area contributed by atoms with Gasteiger partial charge in [-0.25, -0.2) is 4.39 Å². The fourth-order valence-corrected chi connectivity index (χ4v) is 5.17. The van der Waals surface area contributed by atoms with Crippen LogP contribution in [0.5, 0.6) is 5.75 Å². The van der Waals surface area contributed by atoms with Gasteiger partial charge in [0.15, 0.2) is 0 Å². The van der Waals surface area contributed by atoms with E-state index in [4.69, 9.17) is 9.15 Å². The number of carbonyl (C=O) groups excluding carboxylic acids is 1. The smallest absolute Gasteiger partial charge is 0.315 e. The summed E-state index contributed by atoms with van der Waals surface area (Å²) < 4.78 is 25.3. The first kappa shape index (κ1) is 24.2. The van der Waals surface area contributed by atoms with Crippen molar-refractivity contribution in [2.24, 2.45) is 5.92 Å². The number of methoxy groups -OCH3 is 1. The normalized spacial score (nSPS) is 20.3. The van der Waals surface area contributed by atoms with Crippen molar-refractivity contribution in [2.75, 3.05) is 37.4 Å². The quantitative estimate of drug-likeness (QED) is 0.445. The Bertz CT molecular complexity index is 1190. The minimum atomic E-state index is -0.579. The highest BCUT2D eigenvalue weighted by molar-refractivity contribution is 6.04. The van der Waals surface area contributed by atoms with Gasteiger partial charge in [-0.15, -0.1) is 5.10 Å². The number of anilines is 2. The molecule has 0 spiro atoms. The Kier molecular flexibility index (Phi) is 7.46. The van der Waals surface area contributed by atoms with Gasteiger partial charge < -0.3 is 24.7 Å². The number of hydrogen-bond donors (Lipinski definition) is 2. The van der Waals surface area contributed by atoms with Crippen LogP contribution in [0.4, 0.5) is 16.1 Å². The molecular formula is C27H32FN5O3. The van der Waals surface area contributed by atoms with Crippen LogP contribution in [-0.2, 0) is 0 Å². The maximum atomic E-state index is 13.9. The van der Waals surface area contributed by atoms with Crippen molar-refractivity contribution in [1.82, 2.24) is 15.1 Å². The van der Waals surface area contributed by atoms with Crippen LogP contribution in [0.1, 0.15) is 48.9 Å². The summed E-state index contributed by atoms with van der Waals surface area (Å²) in [5.74, 6) is 0.441. The Balaban J connectivity index is 1.19. The molecule has 8 nitrogen and oxygen atoms in total. The van der Waals surface area contributed by atoms with Gasteiger partial charge >= 0.3 is 6.01 Å². The van der Waals surface area contributed by atoms with Crippen LogP contribution in [-0.4, -0.2) is 53.8 Å². The number of carbonyl (C=O) groups is 1. The molecule has 0 unspecified atom stereocenters. The molecule has 9 heteroatoms. The summed E-state index contributed by atoms with van der Waals surface area (Å²) in [6, 6.07) is 11.6. The zero-order valence-electron chi connectivity index (χ0n) is 20.5. The fourth-order valence-electron chi connectivity index (χ4n) is 5.17. The summed E-state index contributed by atoms with van der Waals surface area (Å²) in [7, 11) is 1.53. The van der Waals surface area contributed by atoms with Gasteiger partial charge in [-0.1, -0.05) is 17.2 Å². The molecule has 1 aromatic heterocycles. The third-order valence-electron chi connectivity index (χ3n) is 7.12. The van der Waals surface area contributed by atoms with E-state index < -0.39 is 11.7 Å². The SMILES string of the molecule is COc1cc(NC(=O)c2ccccc2F)ccc1-c1nnc(N[C@H]2CC[C@H](CN3CCCC3)CC2)o1. The molecule has 2 aliphatic rings. The fraction of sp³-hybridized carbons (Fsp3) is 0.444. The Hall–Kier alpha value is -3.46. The molecule has 36 heavy (non-hydrogen) atoms. The highest BCUT2D eigenvalue weighted by Gasteiger charge is 2.25. The average molecular weight is 494 g/mol. The maximum Gasteiger partial charge on any atom is 0.315 e. The largest absolute Gasteiger partial charge is 0.496 e. The summed E-state index contributed by atoms with van der Waals surface area (Å²) in [6.45, 7) is 3.74. The van der Waals surface area contributed by atoms with Crippen LogP contribution in [0.25, 0.3) is 11.5 Å². The van der Waals surface area contributed by atoms with Gasteiger partial charge in [0.2, 0.25) is 0 Å². The monoisotopic (exact) mass is 493 g/mol. The molecule has 1 aliphatic carbocycles. The van der Waals surface area contributed by atoms with Crippen molar-refractivity contribution in [3.8, 4) is 17.2 Å². The Morgan fingerprint density at radius 3 is 2.64 bits per heavy atom. The second kappa shape index (κ2) is 11.1. The molecule has 1 aliphatic heterocycles. The average Bonchev–Trinajstić information content (AvgIpc) is 3.58. The zero-order valence-corrected chi connectivity index (χ0v) is 20.5. The van der Waals surface area contributed by atoms with Gasteiger partial charge in [0.1, 0.15) is 11.6 Å². The van der Waals surface area contributed by atoms with E-state index in [1.807, 2.05) is 0 Å². The van der Waals surface area contributed by atoms with Crippen LogP contribution in [0.15, 0.2) is 46.9 Å². The second-order valence-electron chi connectivity index (χ2n) is 9.63.